The van der Waals surface area contributed by atoms with E-state index < -0.39 is 0 Å². The molecule has 0 radical (unpaired) electrons. The molecule has 0 spiro atoms. The van der Waals surface area contributed by atoms with Gasteiger partial charge in [-0.2, -0.15) is 0 Å². The van der Waals surface area contributed by atoms with Gasteiger partial charge in [-0.1, -0.05) is 0 Å². The Kier molecular flexibility index (Phi) is 5.65. The molecule has 0 atom stereocenters. The first kappa shape index (κ1) is 12.5. The van der Waals surface area contributed by atoms with Gasteiger partial charge < -0.3 is 15.1 Å². The lowest BCUT2D eigenvalue weighted by atomic mass is 10.2. The first-order valence-electron chi connectivity index (χ1n) is 5.83. The Morgan fingerprint density at radius 1 is 1.40 bits per heavy atom. The summed E-state index contributed by atoms with van der Waals surface area (Å²) in [5.74, 6) is 0.306. The van der Waals surface area contributed by atoms with Gasteiger partial charge in [-0.3, -0.25) is 4.79 Å². The molecule has 0 aliphatic carbocycles. The average molecular weight is 213 g/mol. The van der Waals surface area contributed by atoms with Crippen molar-refractivity contribution in [3.63, 3.8) is 0 Å². The van der Waals surface area contributed by atoms with Crippen molar-refractivity contribution in [2.24, 2.45) is 0 Å². The van der Waals surface area contributed by atoms with E-state index in [1.54, 1.807) is 0 Å². The number of hydrogen-bond acceptors (Lipinski definition) is 3. The van der Waals surface area contributed by atoms with Crippen LogP contribution in [-0.4, -0.2) is 62.5 Å². The number of carbonyl (C=O) groups excluding carboxylic acids is 1. The monoisotopic (exact) mass is 213 g/mol. The van der Waals surface area contributed by atoms with Crippen molar-refractivity contribution in [2.45, 2.75) is 19.3 Å². The third-order valence-electron chi connectivity index (χ3n) is 2.68. The van der Waals surface area contributed by atoms with Crippen molar-refractivity contribution in [1.29, 1.82) is 0 Å². The highest BCUT2D eigenvalue weighted by molar-refractivity contribution is 5.76. The molecule has 1 aliphatic rings. The van der Waals surface area contributed by atoms with Crippen LogP contribution < -0.4 is 5.32 Å². The molecular formula is C11H23N3O. The zero-order valence-electron chi connectivity index (χ0n) is 9.96. The molecule has 1 heterocycles. The van der Waals surface area contributed by atoms with E-state index >= 15 is 0 Å². The molecule has 0 aromatic carbocycles. The van der Waals surface area contributed by atoms with Crippen LogP contribution in [0.3, 0.4) is 0 Å². The molecule has 0 unspecified atom stereocenters. The highest BCUT2D eigenvalue weighted by Crippen LogP contribution is 2.01. The third-order valence-corrected chi connectivity index (χ3v) is 2.68. The summed E-state index contributed by atoms with van der Waals surface area (Å²) in [5, 5.41) is 3.26. The molecule has 0 saturated carbocycles. The van der Waals surface area contributed by atoms with Gasteiger partial charge in [-0.15, -0.1) is 0 Å². The number of hydrogen-bond donors (Lipinski definition) is 1. The van der Waals surface area contributed by atoms with E-state index in [1.165, 1.54) is 0 Å². The molecule has 4 nitrogen and oxygen atoms in total. The quantitative estimate of drug-likeness (QED) is 0.722. The van der Waals surface area contributed by atoms with Crippen molar-refractivity contribution in [2.75, 3.05) is 46.8 Å². The lowest BCUT2D eigenvalue weighted by Gasteiger charge is -2.25. The van der Waals surface area contributed by atoms with Crippen LogP contribution in [0.15, 0.2) is 0 Å². The Bertz CT molecular complexity index is 194. The van der Waals surface area contributed by atoms with Gasteiger partial charge in [-0.25, -0.2) is 0 Å². The zero-order valence-corrected chi connectivity index (χ0v) is 9.96. The molecule has 1 rings (SSSR count). The van der Waals surface area contributed by atoms with Gasteiger partial charge in [0, 0.05) is 26.1 Å². The maximum absolute atomic E-state index is 11.7. The summed E-state index contributed by atoms with van der Waals surface area (Å²) < 4.78 is 0. The molecule has 0 aromatic heterocycles. The van der Waals surface area contributed by atoms with Crippen LogP contribution in [0, 0.1) is 0 Å². The van der Waals surface area contributed by atoms with Crippen LogP contribution in [0.1, 0.15) is 19.3 Å². The van der Waals surface area contributed by atoms with E-state index in [-0.39, 0.29) is 0 Å². The number of rotatable bonds is 4. The lowest BCUT2D eigenvalue weighted by molar-refractivity contribution is -0.131. The highest BCUT2D eigenvalue weighted by atomic mass is 16.2. The summed E-state index contributed by atoms with van der Waals surface area (Å²) in [5.41, 5.74) is 0. The first-order chi connectivity index (χ1) is 7.20. The summed E-state index contributed by atoms with van der Waals surface area (Å²) in [6.45, 7) is 4.76. The van der Waals surface area contributed by atoms with Crippen molar-refractivity contribution < 1.29 is 4.79 Å². The zero-order chi connectivity index (χ0) is 11.1. The smallest absolute Gasteiger partial charge is 0.223 e. The predicted octanol–water partition coefficient (Wildman–Crippen LogP) is 0.150. The SMILES string of the molecule is CN(C)CCCN1CCCNCCC1=O. The minimum Gasteiger partial charge on any atom is -0.343 e. The fourth-order valence-corrected chi connectivity index (χ4v) is 1.81. The van der Waals surface area contributed by atoms with Gasteiger partial charge in [0.15, 0.2) is 0 Å². The van der Waals surface area contributed by atoms with Crippen molar-refractivity contribution >= 4 is 5.91 Å². The van der Waals surface area contributed by atoms with Gasteiger partial charge >= 0.3 is 0 Å². The summed E-state index contributed by atoms with van der Waals surface area (Å²) in [7, 11) is 4.14. The van der Waals surface area contributed by atoms with Crippen LogP contribution in [0.5, 0.6) is 0 Å². The van der Waals surface area contributed by atoms with Crippen LogP contribution in [-0.2, 0) is 4.79 Å². The number of carbonyl (C=O) groups is 1. The largest absolute Gasteiger partial charge is 0.343 e. The van der Waals surface area contributed by atoms with Crippen LogP contribution in [0.2, 0.25) is 0 Å². The maximum Gasteiger partial charge on any atom is 0.223 e. The van der Waals surface area contributed by atoms with Gasteiger partial charge in [0.25, 0.3) is 0 Å². The summed E-state index contributed by atoms with van der Waals surface area (Å²) in [6.07, 6.45) is 2.81. The standard InChI is InChI=1S/C11H23N3O/c1-13(2)8-4-10-14-9-3-6-12-7-5-11(14)15/h12H,3-10H2,1-2H3. The first-order valence-corrected chi connectivity index (χ1v) is 5.83. The molecule has 1 saturated heterocycles. The number of nitrogens with zero attached hydrogens (tertiary/aromatic N) is 2. The van der Waals surface area contributed by atoms with Gasteiger partial charge in [0.05, 0.1) is 0 Å². The van der Waals surface area contributed by atoms with Crippen molar-refractivity contribution in [3.8, 4) is 0 Å². The molecule has 15 heavy (non-hydrogen) atoms. The molecule has 4 heteroatoms. The highest BCUT2D eigenvalue weighted by Gasteiger charge is 2.14. The molecule has 1 aliphatic heterocycles. The fourth-order valence-electron chi connectivity index (χ4n) is 1.81. The molecule has 1 N–H and O–H groups in total. The van der Waals surface area contributed by atoms with Crippen molar-refractivity contribution in [1.82, 2.24) is 15.1 Å². The van der Waals surface area contributed by atoms with Gasteiger partial charge in [0.2, 0.25) is 5.91 Å². The lowest BCUT2D eigenvalue weighted by Crippen LogP contribution is -2.39. The van der Waals surface area contributed by atoms with Crippen molar-refractivity contribution in [3.05, 3.63) is 0 Å². The minimum absolute atomic E-state index is 0.306. The van der Waals surface area contributed by atoms with Gasteiger partial charge in [-0.05, 0) is 40.0 Å². The molecule has 1 fully saturated rings. The molecule has 88 valence electrons. The Labute approximate surface area is 92.6 Å². The fraction of sp³-hybridized carbons (Fsp3) is 0.909. The van der Waals surface area contributed by atoms with E-state index in [9.17, 15) is 4.79 Å². The van der Waals surface area contributed by atoms with E-state index in [1.807, 2.05) is 4.90 Å². The summed E-state index contributed by atoms with van der Waals surface area (Å²) in [6, 6.07) is 0. The Hall–Kier alpha value is -0.610. The summed E-state index contributed by atoms with van der Waals surface area (Å²) in [4.78, 5) is 15.9. The minimum atomic E-state index is 0.306. The maximum atomic E-state index is 11.7. The summed E-state index contributed by atoms with van der Waals surface area (Å²) >= 11 is 0. The second kappa shape index (κ2) is 6.80. The predicted molar refractivity (Wildman–Crippen MR) is 61.9 cm³/mol. The Balaban J connectivity index is 2.26. The second-order valence-corrected chi connectivity index (χ2v) is 4.39. The van der Waals surface area contributed by atoms with Crippen LogP contribution >= 0.6 is 0 Å². The Morgan fingerprint density at radius 3 is 2.93 bits per heavy atom. The van der Waals surface area contributed by atoms with E-state index in [0.717, 1.165) is 45.6 Å². The van der Waals surface area contributed by atoms with E-state index in [2.05, 4.69) is 24.3 Å². The van der Waals surface area contributed by atoms with E-state index in [0.29, 0.717) is 12.3 Å². The normalized spacial score (nSPS) is 19.1. The average Bonchev–Trinajstić information content (AvgIpc) is 2.16. The topological polar surface area (TPSA) is 35.6 Å². The molecule has 0 aromatic rings. The molecule has 1 amide bonds. The third kappa shape index (κ3) is 5.14. The van der Waals surface area contributed by atoms with E-state index in [4.69, 9.17) is 0 Å². The number of nitrogens with one attached hydrogen (secondary N) is 1. The van der Waals surface area contributed by atoms with Crippen LogP contribution in [0.25, 0.3) is 0 Å². The molecule has 0 bridgehead atoms. The van der Waals surface area contributed by atoms with Crippen LogP contribution in [0.4, 0.5) is 0 Å². The van der Waals surface area contributed by atoms with Gasteiger partial charge in [0.1, 0.15) is 0 Å². The second-order valence-electron chi connectivity index (χ2n) is 4.39. The number of amides is 1. The molecular weight excluding hydrogens is 190 g/mol. The Morgan fingerprint density at radius 2 is 2.20 bits per heavy atom.